The molecule has 0 aliphatic carbocycles. The molecule has 3 heteroatoms. The van der Waals surface area contributed by atoms with E-state index in [1.807, 2.05) is 12.1 Å². The fraction of sp³-hybridized carbons (Fsp3) is 0.400. The van der Waals surface area contributed by atoms with Crippen LogP contribution >= 0.6 is 15.9 Å². The van der Waals surface area contributed by atoms with E-state index in [4.69, 9.17) is 5.73 Å². The summed E-state index contributed by atoms with van der Waals surface area (Å²) in [4.78, 5) is 0. The van der Waals surface area contributed by atoms with Crippen LogP contribution in [0.2, 0.25) is 0 Å². The van der Waals surface area contributed by atoms with Gasteiger partial charge in [0.15, 0.2) is 0 Å². The second kappa shape index (κ2) is 3.68. The molecule has 1 heterocycles. The van der Waals surface area contributed by atoms with Crippen molar-refractivity contribution in [1.29, 1.82) is 0 Å². The molecule has 1 aromatic carbocycles. The van der Waals surface area contributed by atoms with Gasteiger partial charge in [0.25, 0.3) is 0 Å². The SMILES string of the molecule is Nc1ccc(Br)cc1[C@@H]1CCCN1. The second-order valence-electron chi connectivity index (χ2n) is 3.42. The molecule has 3 N–H and O–H groups in total. The Kier molecular flexibility index (Phi) is 2.56. The van der Waals surface area contributed by atoms with Gasteiger partial charge < -0.3 is 11.1 Å². The summed E-state index contributed by atoms with van der Waals surface area (Å²) in [5.74, 6) is 0. The fourth-order valence-corrected chi connectivity index (χ4v) is 2.18. The minimum Gasteiger partial charge on any atom is -0.398 e. The molecular formula is C10H13BrN2. The molecule has 1 aromatic rings. The first kappa shape index (κ1) is 9.03. The summed E-state index contributed by atoms with van der Waals surface area (Å²) in [7, 11) is 0. The van der Waals surface area contributed by atoms with Gasteiger partial charge in [-0.3, -0.25) is 0 Å². The van der Waals surface area contributed by atoms with E-state index in [9.17, 15) is 0 Å². The zero-order chi connectivity index (χ0) is 9.26. The number of hydrogen-bond acceptors (Lipinski definition) is 2. The fourth-order valence-electron chi connectivity index (χ4n) is 1.80. The molecule has 0 aromatic heterocycles. The van der Waals surface area contributed by atoms with E-state index in [1.54, 1.807) is 0 Å². The van der Waals surface area contributed by atoms with Crippen molar-refractivity contribution in [2.45, 2.75) is 18.9 Å². The topological polar surface area (TPSA) is 38.0 Å². The summed E-state index contributed by atoms with van der Waals surface area (Å²) >= 11 is 3.46. The second-order valence-corrected chi connectivity index (χ2v) is 4.34. The summed E-state index contributed by atoms with van der Waals surface area (Å²) in [5, 5.41) is 3.44. The number of hydrogen-bond donors (Lipinski definition) is 2. The Morgan fingerprint density at radius 2 is 2.31 bits per heavy atom. The number of halogens is 1. The Bertz CT molecular complexity index is 306. The lowest BCUT2D eigenvalue weighted by molar-refractivity contribution is 0.649. The van der Waals surface area contributed by atoms with Crippen molar-refractivity contribution >= 4 is 21.6 Å². The Morgan fingerprint density at radius 1 is 1.46 bits per heavy atom. The molecule has 0 saturated carbocycles. The van der Waals surface area contributed by atoms with Gasteiger partial charge in [0.1, 0.15) is 0 Å². The minimum absolute atomic E-state index is 0.456. The number of nitrogen functional groups attached to an aromatic ring is 1. The monoisotopic (exact) mass is 240 g/mol. The molecule has 2 nitrogen and oxygen atoms in total. The molecule has 1 aliphatic heterocycles. The molecule has 13 heavy (non-hydrogen) atoms. The molecule has 1 atom stereocenters. The standard InChI is InChI=1S/C10H13BrN2/c11-7-3-4-9(12)8(6-7)10-2-1-5-13-10/h3-4,6,10,13H,1-2,5,12H2/t10-/m0/s1. The molecule has 0 spiro atoms. The smallest absolute Gasteiger partial charge is 0.0363 e. The Morgan fingerprint density at radius 3 is 3.00 bits per heavy atom. The van der Waals surface area contributed by atoms with E-state index in [2.05, 4.69) is 27.3 Å². The molecule has 0 radical (unpaired) electrons. The van der Waals surface area contributed by atoms with Gasteiger partial charge in [-0.15, -0.1) is 0 Å². The summed E-state index contributed by atoms with van der Waals surface area (Å²) in [6.07, 6.45) is 2.44. The molecule has 0 amide bonds. The summed E-state index contributed by atoms with van der Waals surface area (Å²) in [5.41, 5.74) is 8.03. The lowest BCUT2D eigenvalue weighted by atomic mass is 10.0. The van der Waals surface area contributed by atoms with E-state index >= 15 is 0 Å². The number of benzene rings is 1. The first-order valence-electron chi connectivity index (χ1n) is 4.55. The highest BCUT2D eigenvalue weighted by Crippen LogP contribution is 2.29. The van der Waals surface area contributed by atoms with Crippen molar-refractivity contribution < 1.29 is 0 Å². The van der Waals surface area contributed by atoms with Crippen LogP contribution in [0.25, 0.3) is 0 Å². The molecular weight excluding hydrogens is 228 g/mol. The predicted octanol–water partition coefficient (Wildman–Crippen LogP) is 2.46. The Balaban J connectivity index is 2.32. The van der Waals surface area contributed by atoms with E-state index in [0.29, 0.717) is 6.04 Å². The lowest BCUT2D eigenvalue weighted by Gasteiger charge is -2.13. The zero-order valence-corrected chi connectivity index (χ0v) is 8.97. The van der Waals surface area contributed by atoms with Crippen LogP contribution in [0.5, 0.6) is 0 Å². The van der Waals surface area contributed by atoms with Gasteiger partial charge in [-0.05, 0) is 43.1 Å². The molecule has 70 valence electrons. The maximum atomic E-state index is 5.91. The normalized spacial score (nSPS) is 22.1. The van der Waals surface area contributed by atoms with Crippen molar-refractivity contribution in [1.82, 2.24) is 5.32 Å². The summed E-state index contributed by atoms with van der Waals surface area (Å²) in [6, 6.07) is 6.50. The number of nitrogens with one attached hydrogen (secondary N) is 1. The highest BCUT2D eigenvalue weighted by molar-refractivity contribution is 9.10. The van der Waals surface area contributed by atoms with Gasteiger partial charge in [0.2, 0.25) is 0 Å². The third kappa shape index (κ3) is 1.86. The molecule has 0 unspecified atom stereocenters. The Labute approximate surface area is 86.6 Å². The first-order chi connectivity index (χ1) is 6.27. The molecule has 0 bridgehead atoms. The van der Waals surface area contributed by atoms with E-state index in [1.165, 1.54) is 18.4 Å². The average Bonchev–Trinajstić information content (AvgIpc) is 2.61. The maximum Gasteiger partial charge on any atom is 0.0363 e. The van der Waals surface area contributed by atoms with Gasteiger partial charge >= 0.3 is 0 Å². The number of rotatable bonds is 1. The van der Waals surface area contributed by atoms with Crippen LogP contribution in [0.15, 0.2) is 22.7 Å². The van der Waals surface area contributed by atoms with Crippen LogP contribution in [0, 0.1) is 0 Å². The Hall–Kier alpha value is -0.540. The van der Waals surface area contributed by atoms with Crippen LogP contribution < -0.4 is 11.1 Å². The molecule has 1 saturated heterocycles. The van der Waals surface area contributed by atoms with Crippen LogP contribution in [0.3, 0.4) is 0 Å². The van der Waals surface area contributed by atoms with Gasteiger partial charge in [-0.1, -0.05) is 15.9 Å². The highest BCUT2D eigenvalue weighted by Gasteiger charge is 2.18. The lowest BCUT2D eigenvalue weighted by Crippen LogP contribution is -2.14. The largest absolute Gasteiger partial charge is 0.398 e. The minimum atomic E-state index is 0.456. The summed E-state index contributed by atoms with van der Waals surface area (Å²) < 4.78 is 1.10. The van der Waals surface area contributed by atoms with Crippen molar-refractivity contribution in [3.05, 3.63) is 28.2 Å². The summed E-state index contributed by atoms with van der Waals surface area (Å²) in [6.45, 7) is 1.11. The van der Waals surface area contributed by atoms with Crippen LogP contribution in [-0.4, -0.2) is 6.54 Å². The highest BCUT2D eigenvalue weighted by atomic mass is 79.9. The van der Waals surface area contributed by atoms with Gasteiger partial charge in [-0.2, -0.15) is 0 Å². The van der Waals surface area contributed by atoms with Gasteiger partial charge in [-0.25, -0.2) is 0 Å². The van der Waals surface area contributed by atoms with Crippen LogP contribution in [-0.2, 0) is 0 Å². The van der Waals surface area contributed by atoms with Crippen molar-refractivity contribution in [2.24, 2.45) is 0 Å². The zero-order valence-electron chi connectivity index (χ0n) is 7.39. The average molecular weight is 241 g/mol. The predicted molar refractivity (Wildman–Crippen MR) is 58.5 cm³/mol. The van der Waals surface area contributed by atoms with E-state index < -0.39 is 0 Å². The molecule has 2 rings (SSSR count). The number of nitrogens with two attached hydrogens (primary N) is 1. The maximum absolute atomic E-state index is 5.91. The van der Waals surface area contributed by atoms with Gasteiger partial charge in [0, 0.05) is 16.2 Å². The molecule has 1 aliphatic rings. The first-order valence-corrected chi connectivity index (χ1v) is 5.35. The van der Waals surface area contributed by atoms with E-state index in [-0.39, 0.29) is 0 Å². The molecule has 1 fully saturated rings. The van der Waals surface area contributed by atoms with Crippen LogP contribution in [0.4, 0.5) is 5.69 Å². The third-order valence-corrected chi connectivity index (χ3v) is 2.98. The third-order valence-electron chi connectivity index (χ3n) is 2.48. The van der Waals surface area contributed by atoms with Crippen molar-refractivity contribution in [2.75, 3.05) is 12.3 Å². The number of anilines is 1. The van der Waals surface area contributed by atoms with Crippen molar-refractivity contribution in [3.63, 3.8) is 0 Å². The van der Waals surface area contributed by atoms with Gasteiger partial charge in [0.05, 0.1) is 0 Å². The van der Waals surface area contributed by atoms with Crippen LogP contribution in [0.1, 0.15) is 24.4 Å². The van der Waals surface area contributed by atoms with E-state index in [0.717, 1.165) is 16.7 Å². The quantitative estimate of drug-likeness (QED) is 0.741. The van der Waals surface area contributed by atoms with Crippen molar-refractivity contribution in [3.8, 4) is 0 Å².